The summed E-state index contributed by atoms with van der Waals surface area (Å²) in [4.78, 5) is 10.4. The Morgan fingerprint density at radius 1 is 1.50 bits per heavy atom. The Labute approximate surface area is 84.8 Å². The first-order chi connectivity index (χ1) is 6.63. The van der Waals surface area contributed by atoms with Gasteiger partial charge in [0, 0.05) is 12.0 Å². The number of carbonyl (C=O) groups excluding carboxylic acids is 1. The molecule has 0 aromatic rings. The van der Waals surface area contributed by atoms with E-state index < -0.39 is 0 Å². The van der Waals surface area contributed by atoms with Crippen molar-refractivity contribution in [2.45, 2.75) is 44.7 Å². The number of nitrogens with one attached hydrogen (secondary N) is 2. The lowest BCUT2D eigenvalue weighted by Crippen LogP contribution is -2.41. The second-order valence-electron chi connectivity index (χ2n) is 4.10. The summed E-state index contributed by atoms with van der Waals surface area (Å²) in [6.45, 7) is 1.87. The van der Waals surface area contributed by atoms with Crippen LogP contribution in [0.4, 0.5) is 0 Å². The lowest BCUT2D eigenvalue weighted by molar-refractivity contribution is -0.109. The van der Waals surface area contributed by atoms with E-state index in [0.29, 0.717) is 11.9 Å². The molecule has 14 heavy (non-hydrogen) atoms. The van der Waals surface area contributed by atoms with Crippen LogP contribution in [-0.4, -0.2) is 24.2 Å². The molecular formula is C10H19N3O. The van der Waals surface area contributed by atoms with Gasteiger partial charge in [0.05, 0.1) is 11.9 Å². The number of carbonyl (C=O) groups is 1. The van der Waals surface area contributed by atoms with Crippen molar-refractivity contribution in [3.05, 3.63) is 0 Å². The molecule has 0 spiro atoms. The minimum Gasteiger partial charge on any atom is -0.387 e. The summed E-state index contributed by atoms with van der Waals surface area (Å²) in [6.07, 6.45) is 4.90. The summed E-state index contributed by atoms with van der Waals surface area (Å²) >= 11 is 0. The minimum absolute atomic E-state index is 0.0612. The van der Waals surface area contributed by atoms with Crippen molar-refractivity contribution in [1.29, 1.82) is 5.41 Å². The second-order valence-corrected chi connectivity index (χ2v) is 4.10. The van der Waals surface area contributed by atoms with Gasteiger partial charge in [0.25, 0.3) is 0 Å². The van der Waals surface area contributed by atoms with Crippen LogP contribution in [0.3, 0.4) is 0 Å². The SMILES string of the molecule is C[C@@H](C=O)NC1CCC(C(=N)N)CC1. The van der Waals surface area contributed by atoms with Crippen LogP contribution < -0.4 is 11.1 Å². The molecule has 0 bridgehead atoms. The minimum atomic E-state index is -0.0612. The van der Waals surface area contributed by atoms with Gasteiger partial charge in [-0.05, 0) is 32.6 Å². The van der Waals surface area contributed by atoms with Crippen LogP contribution in [-0.2, 0) is 4.79 Å². The van der Waals surface area contributed by atoms with Gasteiger partial charge in [-0.1, -0.05) is 0 Å². The van der Waals surface area contributed by atoms with Crippen LogP contribution in [0, 0.1) is 11.3 Å². The number of hydrogen-bond donors (Lipinski definition) is 3. The molecule has 1 fully saturated rings. The molecule has 0 aliphatic heterocycles. The molecule has 0 radical (unpaired) electrons. The van der Waals surface area contributed by atoms with E-state index in [0.717, 1.165) is 32.0 Å². The lowest BCUT2D eigenvalue weighted by Gasteiger charge is -2.29. The fraction of sp³-hybridized carbons (Fsp3) is 0.800. The Hall–Kier alpha value is -0.900. The summed E-state index contributed by atoms with van der Waals surface area (Å²) < 4.78 is 0. The van der Waals surface area contributed by atoms with Crippen LogP contribution in [0.1, 0.15) is 32.6 Å². The quantitative estimate of drug-likeness (QED) is 0.352. The molecule has 1 aliphatic carbocycles. The van der Waals surface area contributed by atoms with Gasteiger partial charge in [-0.2, -0.15) is 0 Å². The van der Waals surface area contributed by atoms with Gasteiger partial charge in [-0.15, -0.1) is 0 Å². The van der Waals surface area contributed by atoms with E-state index in [1.165, 1.54) is 0 Å². The van der Waals surface area contributed by atoms with Gasteiger partial charge < -0.3 is 15.8 Å². The van der Waals surface area contributed by atoms with Crippen LogP contribution in [0.15, 0.2) is 0 Å². The maximum absolute atomic E-state index is 10.4. The monoisotopic (exact) mass is 197 g/mol. The molecule has 0 aromatic carbocycles. The maximum Gasteiger partial charge on any atom is 0.136 e. The third-order valence-corrected chi connectivity index (χ3v) is 2.87. The Morgan fingerprint density at radius 2 is 2.07 bits per heavy atom. The van der Waals surface area contributed by atoms with Crippen molar-refractivity contribution in [3.63, 3.8) is 0 Å². The average molecular weight is 197 g/mol. The molecule has 0 amide bonds. The Kier molecular flexibility index (Phi) is 4.07. The van der Waals surface area contributed by atoms with E-state index >= 15 is 0 Å². The summed E-state index contributed by atoms with van der Waals surface area (Å²) in [5.41, 5.74) is 5.45. The molecule has 80 valence electrons. The zero-order valence-corrected chi connectivity index (χ0v) is 8.62. The summed E-state index contributed by atoms with van der Waals surface area (Å²) in [7, 11) is 0. The summed E-state index contributed by atoms with van der Waals surface area (Å²) in [5, 5.41) is 10.6. The zero-order chi connectivity index (χ0) is 10.6. The van der Waals surface area contributed by atoms with Crippen molar-refractivity contribution < 1.29 is 4.79 Å². The molecular weight excluding hydrogens is 178 g/mol. The van der Waals surface area contributed by atoms with Crippen LogP contribution >= 0.6 is 0 Å². The fourth-order valence-electron chi connectivity index (χ4n) is 1.98. The van der Waals surface area contributed by atoms with Crippen LogP contribution in [0.2, 0.25) is 0 Å². The molecule has 0 unspecified atom stereocenters. The Bertz CT molecular complexity index is 209. The molecule has 1 atom stereocenters. The highest BCUT2D eigenvalue weighted by molar-refractivity contribution is 5.79. The van der Waals surface area contributed by atoms with E-state index in [-0.39, 0.29) is 12.0 Å². The van der Waals surface area contributed by atoms with Gasteiger partial charge in [0.15, 0.2) is 0 Å². The van der Waals surface area contributed by atoms with E-state index in [9.17, 15) is 4.79 Å². The first-order valence-corrected chi connectivity index (χ1v) is 5.18. The predicted octanol–water partition coefficient (Wildman–Crippen LogP) is 0.658. The second kappa shape index (κ2) is 5.10. The van der Waals surface area contributed by atoms with Crippen LogP contribution in [0.5, 0.6) is 0 Å². The lowest BCUT2D eigenvalue weighted by atomic mass is 9.85. The highest BCUT2D eigenvalue weighted by atomic mass is 16.1. The molecule has 0 heterocycles. The third-order valence-electron chi connectivity index (χ3n) is 2.87. The largest absolute Gasteiger partial charge is 0.387 e. The molecule has 4 N–H and O–H groups in total. The first kappa shape index (κ1) is 11.2. The number of amidine groups is 1. The Balaban J connectivity index is 2.28. The fourth-order valence-corrected chi connectivity index (χ4v) is 1.98. The third kappa shape index (κ3) is 3.10. The van der Waals surface area contributed by atoms with Crippen molar-refractivity contribution >= 4 is 12.1 Å². The van der Waals surface area contributed by atoms with E-state index in [1.807, 2.05) is 6.92 Å². The molecule has 0 saturated heterocycles. The smallest absolute Gasteiger partial charge is 0.136 e. The van der Waals surface area contributed by atoms with Crippen molar-refractivity contribution in [1.82, 2.24) is 5.32 Å². The number of nitrogens with two attached hydrogens (primary N) is 1. The first-order valence-electron chi connectivity index (χ1n) is 5.18. The normalized spacial score (nSPS) is 29.5. The zero-order valence-electron chi connectivity index (χ0n) is 8.62. The van der Waals surface area contributed by atoms with E-state index in [4.69, 9.17) is 11.1 Å². The van der Waals surface area contributed by atoms with Crippen molar-refractivity contribution in [2.24, 2.45) is 11.7 Å². The topological polar surface area (TPSA) is 79.0 Å². The van der Waals surface area contributed by atoms with Gasteiger partial charge in [-0.3, -0.25) is 5.41 Å². The highest BCUT2D eigenvalue weighted by Gasteiger charge is 2.23. The molecule has 1 aliphatic rings. The van der Waals surface area contributed by atoms with Crippen molar-refractivity contribution in [2.75, 3.05) is 0 Å². The van der Waals surface area contributed by atoms with Crippen molar-refractivity contribution in [3.8, 4) is 0 Å². The molecule has 4 nitrogen and oxygen atoms in total. The predicted molar refractivity (Wildman–Crippen MR) is 56.3 cm³/mol. The average Bonchev–Trinajstić information content (AvgIpc) is 2.18. The summed E-state index contributed by atoms with van der Waals surface area (Å²) in [5.74, 6) is 0.575. The maximum atomic E-state index is 10.4. The molecule has 1 rings (SSSR count). The van der Waals surface area contributed by atoms with E-state index in [1.54, 1.807) is 0 Å². The summed E-state index contributed by atoms with van der Waals surface area (Å²) in [6, 6.07) is 0.361. The number of rotatable bonds is 4. The highest BCUT2D eigenvalue weighted by Crippen LogP contribution is 2.24. The molecule has 1 saturated carbocycles. The van der Waals surface area contributed by atoms with Gasteiger partial charge in [0.1, 0.15) is 6.29 Å². The van der Waals surface area contributed by atoms with Gasteiger partial charge >= 0.3 is 0 Å². The van der Waals surface area contributed by atoms with Gasteiger partial charge in [0.2, 0.25) is 0 Å². The standard InChI is InChI=1S/C10H19N3O/c1-7(6-14)13-9-4-2-8(3-5-9)10(11)12/h6-9,13H,2-5H2,1H3,(H3,11,12)/t7-,8?,9?/m0/s1. The molecule has 4 heteroatoms. The van der Waals surface area contributed by atoms with Gasteiger partial charge in [-0.25, -0.2) is 0 Å². The Morgan fingerprint density at radius 3 is 2.50 bits per heavy atom. The number of hydrogen-bond acceptors (Lipinski definition) is 3. The molecule has 0 aromatic heterocycles. The van der Waals surface area contributed by atoms with Crippen LogP contribution in [0.25, 0.3) is 0 Å². The van der Waals surface area contributed by atoms with E-state index in [2.05, 4.69) is 5.32 Å². The number of aldehydes is 1.